The maximum Gasteiger partial charge on any atom is 0.241 e. The average Bonchev–Trinajstić information content (AvgIpc) is 1.58. The maximum atomic E-state index is 10.3. The van der Waals surface area contributed by atoms with E-state index in [0.29, 0.717) is 0 Å². The molecule has 0 atom stereocenters. The Morgan fingerprint density at radius 3 is 2.40 bits per heavy atom. The van der Waals surface area contributed by atoms with E-state index in [9.17, 15) is 4.79 Å². The molecule has 0 heterocycles. The number of carbonyl (C=O) groups excluding carboxylic acids is 1. The number of amides is 1. The molecule has 1 amide bonds. The van der Waals surface area contributed by atoms with Gasteiger partial charge in [-0.05, 0) is 20.3 Å². The van der Waals surface area contributed by atoms with E-state index in [1.54, 1.807) is 0 Å². The van der Waals surface area contributed by atoms with Crippen molar-refractivity contribution in [2.24, 2.45) is 5.73 Å². The third kappa shape index (κ3) is 5.09. The highest BCUT2D eigenvalue weighted by Crippen LogP contribution is 2.06. The topological polar surface area (TPSA) is 43.1 Å². The van der Waals surface area contributed by atoms with E-state index < -0.39 is 5.91 Å². The lowest BCUT2D eigenvalue weighted by atomic mass is 10.1. The molecule has 2 nitrogen and oxygen atoms in total. The highest BCUT2D eigenvalue weighted by atomic mass is 16.1. The lowest BCUT2D eigenvalue weighted by Crippen LogP contribution is -2.06. The summed E-state index contributed by atoms with van der Waals surface area (Å²) in [7, 11) is 0. The molecule has 0 aliphatic carbocycles. The quantitative estimate of drug-likeness (QED) is 0.466. The predicted octanol–water partition coefficient (Wildman–Crippen LogP) is 1.38. The first kappa shape index (κ1) is 8.95. The Morgan fingerprint density at radius 2 is 2.10 bits per heavy atom. The highest BCUT2D eigenvalue weighted by molar-refractivity contribution is 5.86. The van der Waals surface area contributed by atoms with Crippen LogP contribution < -0.4 is 5.73 Å². The summed E-state index contributed by atoms with van der Waals surface area (Å²) in [5.74, 6) is -0.390. The molecule has 0 bridgehead atoms. The van der Waals surface area contributed by atoms with Crippen molar-refractivity contribution in [2.45, 2.75) is 20.3 Å². The molecule has 0 aromatic rings. The van der Waals surface area contributed by atoms with E-state index in [0.717, 1.165) is 17.6 Å². The third-order valence-corrected chi connectivity index (χ3v) is 0.969. The van der Waals surface area contributed by atoms with Gasteiger partial charge in [-0.2, -0.15) is 0 Å². The second-order valence-corrected chi connectivity index (χ2v) is 2.53. The number of primary amides is 1. The summed E-state index contributed by atoms with van der Waals surface area (Å²) in [4.78, 5) is 10.3. The minimum atomic E-state index is -0.390. The van der Waals surface area contributed by atoms with Crippen molar-refractivity contribution in [3.05, 3.63) is 23.8 Å². The Kier molecular flexibility index (Phi) is 3.47. The lowest BCUT2D eigenvalue weighted by Gasteiger charge is -1.96. The third-order valence-electron chi connectivity index (χ3n) is 0.969. The van der Waals surface area contributed by atoms with Gasteiger partial charge in [-0.1, -0.05) is 17.7 Å². The summed E-state index contributed by atoms with van der Waals surface area (Å²) in [6.07, 6.45) is 2.18. The molecule has 0 rings (SSSR count). The second-order valence-electron chi connectivity index (χ2n) is 2.53. The molecule has 2 heteroatoms. The smallest absolute Gasteiger partial charge is 0.241 e. The first-order chi connectivity index (χ1) is 4.52. The van der Waals surface area contributed by atoms with Crippen molar-refractivity contribution in [1.82, 2.24) is 0 Å². The molecule has 0 aromatic heterocycles. The van der Waals surface area contributed by atoms with Crippen LogP contribution in [0.4, 0.5) is 0 Å². The molecule has 10 heavy (non-hydrogen) atoms. The van der Waals surface area contributed by atoms with Gasteiger partial charge in [-0.15, -0.1) is 0 Å². The molecule has 56 valence electrons. The molecule has 0 aliphatic rings. The van der Waals surface area contributed by atoms with E-state index in [2.05, 4.69) is 6.58 Å². The molecule has 0 fully saturated rings. The van der Waals surface area contributed by atoms with Crippen molar-refractivity contribution in [3.63, 3.8) is 0 Å². The van der Waals surface area contributed by atoms with Crippen LogP contribution in [0.5, 0.6) is 0 Å². The van der Waals surface area contributed by atoms with Crippen LogP contribution in [0.2, 0.25) is 0 Å². The Labute approximate surface area is 61.4 Å². The monoisotopic (exact) mass is 139 g/mol. The van der Waals surface area contributed by atoms with Gasteiger partial charge in [0.15, 0.2) is 0 Å². The zero-order valence-electron chi connectivity index (χ0n) is 6.48. The largest absolute Gasteiger partial charge is 0.366 e. The van der Waals surface area contributed by atoms with Gasteiger partial charge >= 0.3 is 0 Å². The van der Waals surface area contributed by atoms with Crippen molar-refractivity contribution in [2.75, 3.05) is 0 Å². The number of carbonyl (C=O) groups is 1. The SMILES string of the molecule is C=C(C)C/C(C)=C\C(N)=O. The number of hydrogen-bond acceptors (Lipinski definition) is 1. The molecule has 0 aliphatic heterocycles. The van der Waals surface area contributed by atoms with Gasteiger partial charge in [0.1, 0.15) is 0 Å². The van der Waals surface area contributed by atoms with E-state index in [1.807, 2.05) is 13.8 Å². The molecule has 0 radical (unpaired) electrons. The normalized spacial score (nSPS) is 11.2. The Bertz CT molecular complexity index is 180. The summed E-state index contributed by atoms with van der Waals surface area (Å²) in [6.45, 7) is 7.49. The van der Waals surface area contributed by atoms with E-state index in [-0.39, 0.29) is 0 Å². The summed E-state index contributed by atoms with van der Waals surface area (Å²) < 4.78 is 0. The molecule has 2 N–H and O–H groups in total. The Morgan fingerprint density at radius 1 is 1.60 bits per heavy atom. The average molecular weight is 139 g/mol. The van der Waals surface area contributed by atoms with Gasteiger partial charge in [0.2, 0.25) is 5.91 Å². The van der Waals surface area contributed by atoms with Crippen LogP contribution >= 0.6 is 0 Å². The highest BCUT2D eigenvalue weighted by Gasteiger charge is 1.91. The minimum absolute atomic E-state index is 0.390. The number of rotatable bonds is 3. The van der Waals surface area contributed by atoms with E-state index >= 15 is 0 Å². The molecule has 0 spiro atoms. The number of hydrogen-bond donors (Lipinski definition) is 1. The van der Waals surface area contributed by atoms with Crippen LogP contribution in [-0.2, 0) is 4.79 Å². The number of nitrogens with two attached hydrogens (primary N) is 1. The van der Waals surface area contributed by atoms with Crippen LogP contribution in [0.3, 0.4) is 0 Å². The second kappa shape index (κ2) is 3.88. The minimum Gasteiger partial charge on any atom is -0.366 e. The standard InChI is InChI=1S/C8H13NO/c1-6(2)4-7(3)5-8(9)10/h5H,1,4H2,2-3H3,(H2,9,10)/b7-5-. The van der Waals surface area contributed by atoms with Crippen molar-refractivity contribution < 1.29 is 4.79 Å². The zero-order chi connectivity index (χ0) is 8.15. The first-order valence-electron chi connectivity index (χ1n) is 3.13. The van der Waals surface area contributed by atoms with Gasteiger partial charge < -0.3 is 5.73 Å². The van der Waals surface area contributed by atoms with Gasteiger partial charge in [0.05, 0.1) is 0 Å². The predicted molar refractivity (Wildman–Crippen MR) is 42.4 cm³/mol. The Hall–Kier alpha value is -1.05. The lowest BCUT2D eigenvalue weighted by molar-refractivity contribution is -0.113. The van der Waals surface area contributed by atoms with Gasteiger partial charge in [-0.25, -0.2) is 0 Å². The van der Waals surface area contributed by atoms with Crippen LogP contribution in [0.15, 0.2) is 23.8 Å². The summed E-state index contributed by atoms with van der Waals surface area (Å²) >= 11 is 0. The molecule has 0 saturated heterocycles. The fourth-order valence-corrected chi connectivity index (χ4v) is 0.770. The van der Waals surface area contributed by atoms with E-state index in [1.165, 1.54) is 6.08 Å². The van der Waals surface area contributed by atoms with Crippen LogP contribution in [-0.4, -0.2) is 5.91 Å². The summed E-state index contributed by atoms with van der Waals surface area (Å²) in [5, 5.41) is 0. The maximum absolute atomic E-state index is 10.3. The molecular weight excluding hydrogens is 126 g/mol. The Balaban J connectivity index is 3.95. The fraction of sp³-hybridized carbons (Fsp3) is 0.375. The number of allylic oxidation sites excluding steroid dienone is 2. The van der Waals surface area contributed by atoms with E-state index in [4.69, 9.17) is 5.73 Å². The molecule has 0 unspecified atom stereocenters. The summed E-state index contributed by atoms with van der Waals surface area (Å²) in [6, 6.07) is 0. The van der Waals surface area contributed by atoms with Crippen molar-refractivity contribution >= 4 is 5.91 Å². The van der Waals surface area contributed by atoms with Gasteiger partial charge in [0.25, 0.3) is 0 Å². The van der Waals surface area contributed by atoms with Crippen LogP contribution in [0, 0.1) is 0 Å². The van der Waals surface area contributed by atoms with Crippen molar-refractivity contribution in [1.29, 1.82) is 0 Å². The van der Waals surface area contributed by atoms with Gasteiger partial charge in [0, 0.05) is 6.08 Å². The molecule has 0 aromatic carbocycles. The van der Waals surface area contributed by atoms with Crippen LogP contribution in [0.25, 0.3) is 0 Å². The summed E-state index contributed by atoms with van der Waals surface area (Å²) in [5.41, 5.74) is 6.92. The zero-order valence-corrected chi connectivity index (χ0v) is 6.48. The molecular formula is C8H13NO. The van der Waals surface area contributed by atoms with Crippen molar-refractivity contribution in [3.8, 4) is 0 Å². The fourth-order valence-electron chi connectivity index (χ4n) is 0.770. The molecule has 0 saturated carbocycles. The van der Waals surface area contributed by atoms with Gasteiger partial charge in [-0.3, -0.25) is 4.79 Å². The van der Waals surface area contributed by atoms with Crippen LogP contribution in [0.1, 0.15) is 20.3 Å². The first-order valence-corrected chi connectivity index (χ1v) is 3.13.